The summed E-state index contributed by atoms with van der Waals surface area (Å²) in [5.74, 6) is 0.484. The number of sulfonamides is 1. The quantitative estimate of drug-likeness (QED) is 0.800. The van der Waals surface area contributed by atoms with E-state index in [-0.39, 0.29) is 34.4 Å². The van der Waals surface area contributed by atoms with E-state index in [9.17, 15) is 23.4 Å². The van der Waals surface area contributed by atoms with E-state index in [4.69, 9.17) is 0 Å². The number of piperidine rings is 1. The summed E-state index contributed by atoms with van der Waals surface area (Å²) in [6.07, 6.45) is 3.37. The molecule has 2 unspecified atom stereocenters. The molecule has 1 aromatic carbocycles. The maximum atomic E-state index is 13.2. The van der Waals surface area contributed by atoms with Gasteiger partial charge in [0.05, 0.1) is 5.75 Å². The number of phenolic OH excluding ortho intramolecular Hbond substituents is 2. The van der Waals surface area contributed by atoms with Gasteiger partial charge in [0, 0.05) is 31.0 Å². The largest absolute Gasteiger partial charge is 0.508 e. The molecule has 1 saturated heterocycles. The lowest BCUT2D eigenvalue weighted by molar-refractivity contribution is -0.128. The Labute approximate surface area is 166 Å². The van der Waals surface area contributed by atoms with Crippen LogP contribution in [0.25, 0.3) is 0 Å². The van der Waals surface area contributed by atoms with Gasteiger partial charge in [0.15, 0.2) is 0 Å². The molecule has 2 atom stereocenters. The Morgan fingerprint density at radius 1 is 1.14 bits per heavy atom. The number of phenols is 2. The van der Waals surface area contributed by atoms with Crippen molar-refractivity contribution in [2.24, 2.45) is 16.7 Å². The highest BCUT2D eigenvalue weighted by atomic mass is 32.2. The monoisotopic (exact) mass is 407 g/mol. The molecule has 4 rings (SSSR count). The van der Waals surface area contributed by atoms with Crippen molar-refractivity contribution in [3.8, 4) is 11.5 Å². The molecule has 1 aromatic rings. The molecule has 1 aliphatic heterocycles. The van der Waals surface area contributed by atoms with Crippen molar-refractivity contribution in [2.45, 2.75) is 51.9 Å². The van der Waals surface area contributed by atoms with Crippen LogP contribution in [-0.2, 0) is 14.8 Å². The van der Waals surface area contributed by atoms with Crippen molar-refractivity contribution in [1.82, 2.24) is 4.31 Å². The molecule has 28 heavy (non-hydrogen) atoms. The van der Waals surface area contributed by atoms with Crippen molar-refractivity contribution in [3.05, 3.63) is 23.8 Å². The van der Waals surface area contributed by atoms with E-state index < -0.39 is 15.4 Å². The molecule has 154 valence electrons. The van der Waals surface area contributed by atoms with Gasteiger partial charge in [0.2, 0.25) is 10.0 Å². The van der Waals surface area contributed by atoms with E-state index in [0.29, 0.717) is 44.7 Å². The van der Waals surface area contributed by atoms with Crippen LogP contribution in [0.2, 0.25) is 0 Å². The van der Waals surface area contributed by atoms with Crippen molar-refractivity contribution in [1.29, 1.82) is 0 Å². The first-order valence-corrected chi connectivity index (χ1v) is 11.7. The first-order chi connectivity index (χ1) is 13.1. The first kappa shape index (κ1) is 19.7. The smallest absolute Gasteiger partial charge is 0.215 e. The fourth-order valence-corrected chi connectivity index (χ4v) is 8.08. The summed E-state index contributed by atoms with van der Waals surface area (Å²) in [6.45, 7) is 4.90. The van der Waals surface area contributed by atoms with Crippen molar-refractivity contribution < 1.29 is 23.4 Å². The Morgan fingerprint density at radius 2 is 1.82 bits per heavy atom. The molecular weight excluding hydrogens is 378 g/mol. The number of fused-ring (bicyclic) bond motifs is 2. The minimum Gasteiger partial charge on any atom is -0.508 e. The third kappa shape index (κ3) is 2.86. The minimum absolute atomic E-state index is 0.0132. The molecule has 3 aliphatic rings. The third-order valence-corrected chi connectivity index (χ3v) is 9.88. The number of Topliss-reactive ketones (excluding diaryl/α,β-unsaturated/α-hetero) is 1. The van der Waals surface area contributed by atoms with Crippen molar-refractivity contribution in [3.63, 3.8) is 0 Å². The van der Waals surface area contributed by atoms with Crippen LogP contribution in [0.5, 0.6) is 11.5 Å². The highest BCUT2D eigenvalue weighted by Gasteiger charge is 2.65. The molecule has 2 N–H and O–H groups in total. The number of nitrogens with zero attached hydrogens (tertiary/aromatic N) is 1. The second-order valence-electron chi connectivity index (χ2n) is 9.34. The van der Waals surface area contributed by atoms with Crippen LogP contribution in [0, 0.1) is 16.7 Å². The number of ketones is 1. The Bertz CT molecular complexity index is 901. The molecule has 0 amide bonds. The lowest BCUT2D eigenvalue weighted by Gasteiger charge is -2.39. The molecule has 1 heterocycles. The van der Waals surface area contributed by atoms with E-state index in [1.165, 1.54) is 10.4 Å². The zero-order valence-electron chi connectivity index (χ0n) is 16.5. The second kappa shape index (κ2) is 6.46. The zero-order chi connectivity index (χ0) is 20.3. The van der Waals surface area contributed by atoms with Gasteiger partial charge >= 0.3 is 0 Å². The maximum Gasteiger partial charge on any atom is 0.215 e. The maximum absolute atomic E-state index is 13.2. The highest BCUT2D eigenvalue weighted by molar-refractivity contribution is 7.89. The molecular formula is C21H29NO5S. The second-order valence-corrected chi connectivity index (χ2v) is 11.3. The van der Waals surface area contributed by atoms with Crippen LogP contribution >= 0.6 is 0 Å². The van der Waals surface area contributed by atoms with Gasteiger partial charge in [-0.2, -0.15) is 0 Å². The Kier molecular flexibility index (Phi) is 4.54. The number of aromatic hydroxyl groups is 2. The van der Waals surface area contributed by atoms with E-state index in [1.807, 2.05) is 0 Å². The van der Waals surface area contributed by atoms with Crippen LogP contribution in [-0.4, -0.2) is 47.6 Å². The Balaban J connectivity index is 1.48. The van der Waals surface area contributed by atoms with Crippen LogP contribution in [0.3, 0.4) is 0 Å². The minimum atomic E-state index is -3.53. The van der Waals surface area contributed by atoms with E-state index >= 15 is 0 Å². The van der Waals surface area contributed by atoms with Gasteiger partial charge in [-0.15, -0.1) is 0 Å². The SMILES string of the molecule is CC1(C)C2CCC1(CS(=O)(=O)N1CCC(c3ccc(O)cc3O)CC1)C(=O)C2. The van der Waals surface area contributed by atoms with Crippen LogP contribution in [0.15, 0.2) is 18.2 Å². The zero-order valence-corrected chi connectivity index (χ0v) is 17.3. The first-order valence-electron chi connectivity index (χ1n) is 10.1. The van der Waals surface area contributed by atoms with Gasteiger partial charge in [-0.1, -0.05) is 19.9 Å². The summed E-state index contributed by atoms with van der Waals surface area (Å²) >= 11 is 0. The fraction of sp³-hybridized carbons (Fsp3) is 0.667. The van der Waals surface area contributed by atoms with Gasteiger partial charge in [-0.05, 0) is 54.6 Å². The van der Waals surface area contributed by atoms with Crippen LogP contribution in [0.4, 0.5) is 0 Å². The Hall–Kier alpha value is -1.60. The normalized spacial score (nSPS) is 30.8. The predicted octanol–water partition coefficient (Wildman–Crippen LogP) is 3.00. The molecule has 2 saturated carbocycles. The van der Waals surface area contributed by atoms with Gasteiger partial charge < -0.3 is 10.2 Å². The van der Waals surface area contributed by atoms with Gasteiger partial charge in [-0.25, -0.2) is 12.7 Å². The predicted molar refractivity (Wildman–Crippen MR) is 106 cm³/mol. The molecule has 6 nitrogen and oxygen atoms in total. The number of benzene rings is 1. The summed E-state index contributed by atoms with van der Waals surface area (Å²) in [4.78, 5) is 12.7. The van der Waals surface area contributed by atoms with Crippen LogP contribution < -0.4 is 0 Å². The van der Waals surface area contributed by atoms with E-state index in [1.54, 1.807) is 12.1 Å². The lowest BCUT2D eigenvalue weighted by Crippen LogP contribution is -2.48. The fourth-order valence-electron chi connectivity index (χ4n) is 5.83. The number of carbonyl (C=O) groups excluding carboxylic acids is 1. The van der Waals surface area contributed by atoms with Gasteiger partial charge in [0.1, 0.15) is 17.3 Å². The average Bonchev–Trinajstić information content (AvgIpc) is 2.96. The number of hydrogen-bond acceptors (Lipinski definition) is 5. The summed E-state index contributed by atoms with van der Waals surface area (Å²) in [5, 5.41) is 19.5. The van der Waals surface area contributed by atoms with Crippen molar-refractivity contribution >= 4 is 15.8 Å². The molecule has 0 aromatic heterocycles. The number of carbonyl (C=O) groups is 1. The average molecular weight is 408 g/mol. The molecule has 7 heteroatoms. The van der Waals surface area contributed by atoms with Gasteiger partial charge in [0.25, 0.3) is 0 Å². The van der Waals surface area contributed by atoms with Crippen LogP contribution in [0.1, 0.15) is 57.4 Å². The highest BCUT2D eigenvalue weighted by Crippen LogP contribution is 2.64. The topological polar surface area (TPSA) is 94.9 Å². The van der Waals surface area contributed by atoms with Crippen molar-refractivity contribution in [2.75, 3.05) is 18.8 Å². The Morgan fingerprint density at radius 3 is 2.36 bits per heavy atom. The summed E-state index contributed by atoms with van der Waals surface area (Å²) in [5.41, 5.74) is -0.241. The van der Waals surface area contributed by atoms with E-state index in [2.05, 4.69) is 13.8 Å². The van der Waals surface area contributed by atoms with Gasteiger partial charge in [-0.3, -0.25) is 4.79 Å². The lowest BCUT2D eigenvalue weighted by atomic mass is 9.70. The standard InChI is InChI=1S/C21H29NO5S/c1-20(2)15-5-8-21(20,19(25)11-15)13-28(26,27)22-9-6-14(7-10-22)17-4-3-16(23)12-18(17)24/h3-4,12,14-15,23-24H,5-11,13H2,1-2H3. The summed E-state index contributed by atoms with van der Waals surface area (Å²) in [7, 11) is -3.53. The molecule has 2 bridgehead atoms. The summed E-state index contributed by atoms with van der Waals surface area (Å²) < 4.78 is 27.9. The molecule has 3 fully saturated rings. The van der Waals surface area contributed by atoms with E-state index in [0.717, 1.165) is 12.0 Å². The number of hydrogen-bond donors (Lipinski definition) is 2. The third-order valence-electron chi connectivity index (χ3n) is 7.87. The number of rotatable bonds is 4. The molecule has 2 aliphatic carbocycles. The summed E-state index contributed by atoms with van der Waals surface area (Å²) in [6, 6.07) is 4.57. The molecule has 0 spiro atoms. The molecule has 0 radical (unpaired) electrons.